The highest BCUT2D eigenvalue weighted by Crippen LogP contribution is 2.39. The fraction of sp³-hybridized carbons (Fsp3) is 0.484. The monoisotopic (exact) mass is 584 g/mol. The van der Waals surface area contributed by atoms with E-state index in [2.05, 4.69) is 6.92 Å². The molecule has 42 heavy (non-hydrogen) atoms. The Labute approximate surface area is 244 Å². The van der Waals surface area contributed by atoms with Gasteiger partial charge >= 0.3 is 23.9 Å². The zero-order valence-corrected chi connectivity index (χ0v) is 24.4. The molecule has 2 heterocycles. The Kier molecular flexibility index (Phi) is 10.1. The van der Waals surface area contributed by atoms with Crippen molar-refractivity contribution >= 4 is 23.9 Å². The van der Waals surface area contributed by atoms with E-state index in [9.17, 15) is 19.2 Å². The Balaban J connectivity index is 1.71. The summed E-state index contributed by atoms with van der Waals surface area (Å²) in [5.74, 6) is -1.23. The first-order valence-corrected chi connectivity index (χ1v) is 13.9. The van der Waals surface area contributed by atoms with Crippen LogP contribution in [0.1, 0.15) is 69.4 Å². The van der Waals surface area contributed by atoms with Crippen LogP contribution in [-0.2, 0) is 55.7 Å². The third kappa shape index (κ3) is 7.79. The number of hydrogen-bond donors (Lipinski definition) is 0. The lowest BCUT2D eigenvalue weighted by atomic mass is 9.89. The molecule has 0 saturated carbocycles. The van der Waals surface area contributed by atoms with Gasteiger partial charge in [-0.05, 0) is 47.2 Å². The summed E-state index contributed by atoms with van der Waals surface area (Å²) < 4.78 is 39.4. The predicted octanol–water partition coefficient (Wildman–Crippen LogP) is 3.76. The van der Waals surface area contributed by atoms with Crippen molar-refractivity contribution in [2.24, 2.45) is 0 Å². The standard InChI is InChI=1S/C31H36O11/c1-6-22-8-9-23(15-24(22)13-21-7-10-25-26(14-21)37-12-11-36-25)29-27(38-17(2)32)16-28(39-18(3)33)30(42-29)31(40-19(4)34)41-20(5)35/h7-10,14-15,27-31H,6,11-13,16H2,1-5H3/t27-,28+,29?,30+/m0/s1. The first-order chi connectivity index (χ1) is 20.0. The van der Waals surface area contributed by atoms with Crippen LogP contribution in [0.25, 0.3) is 0 Å². The summed E-state index contributed by atoms with van der Waals surface area (Å²) in [7, 11) is 0. The SMILES string of the molecule is CCc1ccc(C2O[C@@H](C(OC(C)=O)OC(C)=O)[C@H](OC(C)=O)C[C@@H]2OC(C)=O)cc1Cc1ccc2c(c1)OCCO2. The van der Waals surface area contributed by atoms with Gasteiger partial charge in [0.15, 0.2) is 17.6 Å². The molecule has 0 aromatic heterocycles. The summed E-state index contributed by atoms with van der Waals surface area (Å²) in [5.41, 5.74) is 3.83. The van der Waals surface area contributed by atoms with E-state index in [1.54, 1.807) is 0 Å². The van der Waals surface area contributed by atoms with Crippen LogP contribution in [-0.4, -0.2) is 61.7 Å². The first-order valence-electron chi connectivity index (χ1n) is 13.9. The first kappa shape index (κ1) is 30.8. The van der Waals surface area contributed by atoms with Crippen molar-refractivity contribution in [1.82, 2.24) is 0 Å². The maximum absolute atomic E-state index is 12.1. The summed E-state index contributed by atoms with van der Waals surface area (Å²) in [6.07, 6.45) is -4.07. The smallest absolute Gasteiger partial charge is 0.305 e. The lowest BCUT2D eigenvalue weighted by molar-refractivity contribution is -0.263. The van der Waals surface area contributed by atoms with Crippen molar-refractivity contribution in [2.75, 3.05) is 13.2 Å². The fourth-order valence-corrected chi connectivity index (χ4v) is 5.25. The lowest BCUT2D eigenvalue weighted by Gasteiger charge is -2.42. The normalized spacial score (nSPS) is 21.3. The van der Waals surface area contributed by atoms with E-state index >= 15 is 0 Å². The van der Waals surface area contributed by atoms with E-state index in [1.807, 2.05) is 36.4 Å². The molecule has 4 rings (SSSR count). The number of esters is 4. The van der Waals surface area contributed by atoms with Crippen molar-refractivity contribution in [3.63, 3.8) is 0 Å². The Morgan fingerprint density at radius 2 is 1.43 bits per heavy atom. The van der Waals surface area contributed by atoms with Crippen molar-refractivity contribution in [3.05, 3.63) is 58.7 Å². The zero-order chi connectivity index (χ0) is 30.4. The molecule has 0 bridgehead atoms. The van der Waals surface area contributed by atoms with Gasteiger partial charge in [0.25, 0.3) is 6.29 Å². The predicted molar refractivity (Wildman–Crippen MR) is 147 cm³/mol. The molecule has 2 aliphatic rings. The molecule has 4 atom stereocenters. The summed E-state index contributed by atoms with van der Waals surface area (Å²) in [4.78, 5) is 47.8. The van der Waals surface area contributed by atoms with E-state index in [0.29, 0.717) is 36.7 Å². The van der Waals surface area contributed by atoms with Crippen molar-refractivity contribution < 1.29 is 52.3 Å². The van der Waals surface area contributed by atoms with Crippen LogP contribution in [0.2, 0.25) is 0 Å². The van der Waals surface area contributed by atoms with Gasteiger partial charge in [-0.3, -0.25) is 19.2 Å². The van der Waals surface area contributed by atoms with Gasteiger partial charge in [0.05, 0.1) is 0 Å². The maximum atomic E-state index is 12.1. The molecule has 0 radical (unpaired) electrons. The Morgan fingerprint density at radius 1 is 0.786 bits per heavy atom. The van der Waals surface area contributed by atoms with E-state index in [0.717, 1.165) is 37.0 Å². The second-order valence-electron chi connectivity index (χ2n) is 10.2. The highest BCUT2D eigenvalue weighted by atomic mass is 16.7. The Hall–Kier alpha value is -4.12. The molecule has 0 aliphatic carbocycles. The second-order valence-corrected chi connectivity index (χ2v) is 10.2. The molecule has 1 saturated heterocycles. The molecular formula is C31H36O11. The molecule has 2 aliphatic heterocycles. The molecule has 1 fully saturated rings. The van der Waals surface area contributed by atoms with Crippen molar-refractivity contribution in [1.29, 1.82) is 0 Å². The molecule has 2 aromatic carbocycles. The van der Waals surface area contributed by atoms with Crippen molar-refractivity contribution in [2.45, 2.75) is 84.6 Å². The third-order valence-corrected chi connectivity index (χ3v) is 6.88. The van der Waals surface area contributed by atoms with Gasteiger partial charge in [-0.2, -0.15) is 0 Å². The van der Waals surface area contributed by atoms with Crippen LogP contribution in [0.4, 0.5) is 0 Å². The van der Waals surface area contributed by atoms with Crippen LogP contribution >= 0.6 is 0 Å². The highest BCUT2D eigenvalue weighted by molar-refractivity contribution is 5.69. The van der Waals surface area contributed by atoms with Crippen LogP contribution in [0.3, 0.4) is 0 Å². The molecule has 1 unspecified atom stereocenters. The zero-order valence-electron chi connectivity index (χ0n) is 24.4. The third-order valence-electron chi connectivity index (χ3n) is 6.88. The average Bonchev–Trinajstić information content (AvgIpc) is 2.91. The van der Waals surface area contributed by atoms with Gasteiger partial charge in [-0.1, -0.05) is 31.2 Å². The highest BCUT2D eigenvalue weighted by Gasteiger charge is 2.48. The Bertz CT molecular complexity index is 1300. The number of aryl methyl sites for hydroxylation is 1. The van der Waals surface area contributed by atoms with Gasteiger partial charge in [0.2, 0.25) is 0 Å². The number of benzene rings is 2. The van der Waals surface area contributed by atoms with Gasteiger partial charge in [-0.15, -0.1) is 0 Å². The molecule has 2 aromatic rings. The number of hydrogen-bond acceptors (Lipinski definition) is 11. The van der Waals surface area contributed by atoms with E-state index in [1.165, 1.54) is 13.8 Å². The quantitative estimate of drug-likeness (QED) is 0.242. The van der Waals surface area contributed by atoms with E-state index in [4.69, 9.17) is 33.2 Å². The number of carbonyl (C=O) groups is 4. The number of carbonyl (C=O) groups excluding carboxylic acids is 4. The van der Waals surface area contributed by atoms with Gasteiger partial charge in [0.1, 0.15) is 31.5 Å². The lowest BCUT2D eigenvalue weighted by Crippen LogP contribution is -2.53. The van der Waals surface area contributed by atoms with Crippen LogP contribution in [0, 0.1) is 0 Å². The average molecular weight is 585 g/mol. The minimum atomic E-state index is -1.50. The second kappa shape index (κ2) is 13.7. The minimum Gasteiger partial charge on any atom is -0.486 e. The van der Waals surface area contributed by atoms with Crippen LogP contribution < -0.4 is 9.47 Å². The molecule has 11 nitrogen and oxygen atoms in total. The number of rotatable bonds is 9. The molecule has 11 heteroatoms. The molecule has 226 valence electrons. The summed E-state index contributed by atoms with van der Waals surface area (Å²) in [6, 6.07) is 11.7. The van der Waals surface area contributed by atoms with Crippen LogP contribution in [0.5, 0.6) is 11.5 Å². The molecule has 0 amide bonds. The van der Waals surface area contributed by atoms with Gasteiger partial charge in [0, 0.05) is 34.1 Å². The summed E-state index contributed by atoms with van der Waals surface area (Å²) >= 11 is 0. The van der Waals surface area contributed by atoms with Gasteiger partial charge in [-0.25, -0.2) is 0 Å². The van der Waals surface area contributed by atoms with E-state index < -0.39 is 54.6 Å². The topological polar surface area (TPSA) is 133 Å². The largest absolute Gasteiger partial charge is 0.486 e. The summed E-state index contributed by atoms with van der Waals surface area (Å²) in [6.45, 7) is 7.86. The van der Waals surface area contributed by atoms with Gasteiger partial charge < -0.3 is 33.2 Å². The maximum Gasteiger partial charge on any atom is 0.305 e. The Morgan fingerprint density at radius 3 is 2.05 bits per heavy atom. The van der Waals surface area contributed by atoms with E-state index in [-0.39, 0.29) is 6.42 Å². The molecule has 0 spiro atoms. The van der Waals surface area contributed by atoms with Crippen LogP contribution in [0.15, 0.2) is 36.4 Å². The molecule has 0 N–H and O–H groups in total. The number of ether oxygens (including phenoxy) is 7. The number of fused-ring (bicyclic) bond motifs is 1. The fourth-order valence-electron chi connectivity index (χ4n) is 5.25. The molecular weight excluding hydrogens is 548 g/mol. The summed E-state index contributed by atoms with van der Waals surface area (Å²) in [5, 5.41) is 0. The van der Waals surface area contributed by atoms with Crippen molar-refractivity contribution in [3.8, 4) is 11.5 Å². The minimum absolute atomic E-state index is 0.0144.